The number of carbonyl (C=O) groups excluding carboxylic acids is 2. The number of rotatable bonds is 6. The average Bonchev–Trinajstić information content (AvgIpc) is 3.21. The number of benzene rings is 3. The molecule has 3 aromatic carbocycles. The zero-order valence-corrected chi connectivity index (χ0v) is 29.0. The van der Waals surface area contributed by atoms with Crippen LogP contribution in [0.4, 0.5) is 13.6 Å². The first-order valence-electron chi connectivity index (χ1n) is 15.6. The van der Waals surface area contributed by atoms with Crippen molar-refractivity contribution in [1.29, 1.82) is 0 Å². The summed E-state index contributed by atoms with van der Waals surface area (Å²) in [5.41, 5.74) is 5.95. The minimum absolute atomic E-state index is 0.0859. The maximum atomic E-state index is 16.0. The molecule has 47 heavy (non-hydrogen) atoms. The molecule has 3 aromatic rings. The molecule has 7 nitrogen and oxygen atoms in total. The highest BCUT2D eigenvalue weighted by molar-refractivity contribution is 6.31. The van der Waals surface area contributed by atoms with E-state index in [-0.39, 0.29) is 33.8 Å². The van der Waals surface area contributed by atoms with Crippen LogP contribution in [0.1, 0.15) is 63.1 Å². The predicted octanol–water partition coefficient (Wildman–Crippen LogP) is 7.65. The standard InChI is InChI=1S/C35H39Cl3F2N4O3/c1-20-35(41,25-13-12-22(36)18-28(25)39)29(24-9-7-11-27(38)30(24)40)31(44(20)19-21-8-5-6-10-26(21)37)32(45)42-23-14-16-43(17-15-23)33(46)47-34(2,3)4/h5-13,18,20,23,29,31H,14-17,19,41H2,1-4H3,(H,42,45)/t20?,29-,31+,35-/m0/s1. The third kappa shape index (κ3) is 7.25. The van der Waals surface area contributed by atoms with E-state index in [2.05, 4.69) is 5.32 Å². The summed E-state index contributed by atoms with van der Waals surface area (Å²) in [5.74, 6) is -2.91. The first-order chi connectivity index (χ1) is 22.1. The molecule has 0 saturated carbocycles. The van der Waals surface area contributed by atoms with Gasteiger partial charge in [0.2, 0.25) is 5.91 Å². The fourth-order valence-corrected chi connectivity index (χ4v) is 7.37. The first-order valence-corrected chi connectivity index (χ1v) is 16.7. The van der Waals surface area contributed by atoms with Crippen LogP contribution in [0.2, 0.25) is 15.1 Å². The van der Waals surface area contributed by atoms with Gasteiger partial charge in [-0.2, -0.15) is 0 Å². The van der Waals surface area contributed by atoms with Crippen LogP contribution in [-0.4, -0.2) is 58.6 Å². The molecule has 3 N–H and O–H groups in total. The van der Waals surface area contributed by atoms with Crippen molar-refractivity contribution in [1.82, 2.24) is 15.1 Å². The van der Waals surface area contributed by atoms with Crippen LogP contribution in [0.5, 0.6) is 0 Å². The number of halogens is 5. The highest BCUT2D eigenvalue weighted by atomic mass is 35.5. The van der Waals surface area contributed by atoms with E-state index >= 15 is 8.78 Å². The number of hydrogen-bond donors (Lipinski definition) is 2. The van der Waals surface area contributed by atoms with Gasteiger partial charge in [-0.15, -0.1) is 0 Å². The van der Waals surface area contributed by atoms with E-state index in [1.54, 1.807) is 50.8 Å². The Morgan fingerprint density at radius 1 is 1.00 bits per heavy atom. The van der Waals surface area contributed by atoms with E-state index in [4.69, 9.17) is 45.3 Å². The van der Waals surface area contributed by atoms with Crippen molar-refractivity contribution in [3.8, 4) is 0 Å². The SMILES string of the molecule is CC1N(Cc2ccccc2Cl)[C@@H](C(=O)NC2CCN(C(=O)OC(C)(C)C)CC2)[C@H](c2cccc(Cl)c2F)[C@@]1(N)c1ccc(Cl)cc1F. The van der Waals surface area contributed by atoms with Crippen LogP contribution in [-0.2, 0) is 21.6 Å². The number of hydrogen-bond acceptors (Lipinski definition) is 5. The number of amides is 2. The minimum Gasteiger partial charge on any atom is -0.444 e. The Balaban J connectivity index is 1.56. The zero-order chi connectivity index (χ0) is 34.3. The van der Waals surface area contributed by atoms with E-state index in [9.17, 15) is 9.59 Å². The van der Waals surface area contributed by atoms with Crippen molar-refractivity contribution in [3.63, 3.8) is 0 Å². The van der Waals surface area contributed by atoms with Crippen LogP contribution in [0.25, 0.3) is 0 Å². The summed E-state index contributed by atoms with van der Waals surface area (Å²) >= 11 is 19.0. The number of ether oxygens (including phenoxy) is 1. The van der Waals surface area contributed by atoms with Gasteiger partial charge in [0, 0.05) is 53.2 Å². The summed E-state index contributed by atoms with van der Waals surface area (Å²) in [5, 5.41) is 3.65. The fraction of sp³-hybridized carbons (Fsp3) is 0.429. The smallest absolute Gasteiger partial charge is 0.410 e. The molecule has 4 atom stereocenters. The maximum Gasteiger partial charge on any atom is 0.410 e. The molecule has 2 saturated heterocycles. The Morgan fingerprint density at radius 3 is 2.30 bits per heavy atom. The Bertz CT molecular complexity index is 1650. The molecular formula is C35H39Cl3F2N4O3. The van der Waals surface area contributed by atoms with Gasteiger partial charge in [-0.3, -0.25) is 9.69 Å². The number of carbonyl (C=O) groups is 2. The molecule has 0 spiro atoms. The first kappa shape index (κ1) is 35.4. The highest BCUT2D eigenvalue weighted by Crippen LogP contribution is 2.52. The molecule has 0 radical (unpaired) electrons. The van der Waals surface area contributed by atoms with Gasteiger partial charge in [-0.25, -0.2) is 13.6 Å². The summed E-state index contributed by atoms with van der Waals surface area (Å²) in [6.45, 7) is 8.15. The molecule has 5 rings (SSSR count). The number of likely N-dealkylation sites (tertiary alicyclic amines) is 2. The van der Waals surface area contributed by atoms with Crippen molar-refractivity contribution in [2.45, 2.75) is 82.3 Å². The van der Waals surface area contributed by atoms with Crippen molar-refractivity contribution < 1.29 is 23.1 Å². The Kier molecular flexibility index (Phi) is 10.4. The second-order valence-corrected chi connectivity index (χ2v) is 14.6. The summed E-state index contributed by atoms with van der Waals surface area (Å²) in [7, 11) is 0. The molecule has 2 amide bonds. The summed E-state index contributed by atoms with van der Waals surface area (Å²) in [6.07, 6.45) is 0.549. The van der Waals surface area contributed by atoms with Crippen molar-refractivity contribution in [3.05, 3.63) is 104 Å². The van der Waals surface area contributed by atoms with Crippen LogP contribution < -0.4 is 11.1 Å². The summed E-state index contributed by atoms with van der Waals surface area (Å²) in [4.78, 5) is 30.7. The minimum atomic E-state index is -1.62. The van der Waals surface area contributed by atoms with Crippen LogP contribution in [0, 0.1) is 11.6 Å². The second-order valence-electron chi connectivity index (χ2n) is 13.3. The lowest BCUT2D eigenvalue weighted by molar-refractivity contribution is -0.127. The van der Waals surface area contributed by atoms with E-state index in [1.807, 2.05) is 17.0 Å². The molecule has 252 valence electrons. The number of nitrogens with two attached hydrogens (primary N) is 1. The predicted molar refractivity (Wildman–Crippen MR) is 181 cm³/mol. The van der Waals surface area contributed by atoms with Gasteiger partial charge < -0.3 is 20.7 Å². The van der Waals surface area contributed by atoms with Gasteiger partial charge in [-0.1, -0.05) is 71.2 Å². The summed E-state index contributed by atoms with van der Waals surface area (Å²) in [6, 6.07) is 13.9. The van der Waals surface area contributed by atoms with Crippen LogP contribution in [0.3, 0.4) is 0 Å². The number of piperidine rings is 1. The lowest BCUT2D eigenvalue weighted by Crippen LogP contribution is -2.53. The van der Waals surface area contributed by atoms with Gasteiger partial charge in [0.15, 0.2) is 0 Å². The Hall–Kier alpha value is -2.95. The van der Waals surface area contributed by atoms with Crippen LogP contribution >= 0.6 is 34.8 Å². The van der Waals surface area contributed by atoms with Crippen molar-refractivity contribution in [2.24, 2.45) is 5.73 Å². The molecule has 2 aliphatic heterocycles. The molecule has 2 aliphatic rings. The molecule has 12 heteroatoms. The Labute approximate surface area is 289 Å². The zero-order valence-electron chi connectivity index (χ0n) is 26.7. The third-order valence-electron chi connectivity index (χ3n) is 9.16. The van der Waals surface area contributed by atoms with Gasteiger partial charge in [0.05, 0.1) is 16.6 Å². The van der Waals surface area contributed by atoms with E-state index < -0.39 is 52.8 Å². The quantitative estimate of drug-likeness (QED) is 0.275. The molecule has 2 fully saturated rings. The Morgan fingerprint density at radius 2 is 1.66 bits per heavy atom. The normalized spacial score (nSPS) is 24.0. The van der Waals surface area contributed by atoms with Gasteiger partial charge in [0.25, 0.3) is 0 Å². The second kappa shape index (κ2) is 13.9. The largest absolute Gasteiger partial charge is 0.444 e. The monoisotopic (exact) mass is 706 g/mol. The number of nitrogens with one attached hydrogen (secondary N) is 1. The highest BCUT2D eigenvalue weighted by Gasteiger charge is 2.60. The van der Waals surface area contributed by atoms with E-state index in [1.165, 1.54) is 24.3 Å². The molecule has 2 heterocycles. The molecule has 0 bridgehead atoms. The van der Waals surface area contributed by atoms with Crippen LogP contribution in [0.15, 0.2) is 60.7 Å². The molecule has 0 aromatic heterocycles. The lowest BCUT2D eigenvalue weighted by atomic mass is 9.71. The average molecular weight is 708 g/mol. The van der Waals surface area contributed by atoms with E-state index in [0.717, 1.165) is 11.6 Å². The lowest BCUT2D eigenvalue weighted by Gasteiger charge is -2.37. The summed E-state index contributed by atoms with van der Waals surface area (Å²) < 4.78 is 37.4. The molecular weight excluding hydrogens is 669 g/mol. The van der Waals surface area contributed by atoms with Gasteiger partial charge in [-0.05, 0) is 75.9 Å². The van der Waals surface area contributed by atoms with Gasteiger partial charge in [0.1, 0.15) is 17.2 Å². The topological polar surface area (TPSA) is 87.9 Å². The van der Waals surface area contributed by atoms with Crippen molar-refractivity contribution >= 4 is 46.8 Å². The molecule has 0 aliphatic carbocycles. The van der Waals surface area contributed by atoms with Gasteiger partial charge >= 0.3 is 6.09 Å². The van der Waals surface area contributed by atoms with Crippen molar-refractivity contribution in [2.75, 3.05) is 13.1 Å². The maximum absolute atomic E-state index is 16.0. The fourth-order valence-electron chi connectivity index (χ4n) is 6.83. The molecule has 1 unspecified atom stereocenters. The number of nitrogens with zero attached hydrogens (tertiary/aromatic N) is 2. The van der Waals surface area contributed by atoms with E-state index in [0.29, 0.717) is 31.0 Å². The third-order valence-corrected chi connectivity index (χ3v) is 10.1.